The molecule has 106 valence electrons. The Labute approximate surface area is 116 Å². The molecule has 0 aliphatic rings. The molecule has 0 spiro atoms. The molecule has 0 nitrogen and oxygen atoms in total. The molecule has 0 unspecified atom stereocenters. The quantitative estimate of drug-likeness (QED) is 0.238. The standard InChI is InChI=1S/C8H16.C6H12.C4H6/c1-3-5-7-8-6-4-2;1-3-5-6-4-2;1-3-4-2/h3H,1,4-8H2,2H3;3H,1,4-6H2,2H3;3-4H,1-2H2. The summed E-state index contributed by atoms with van der Waals surface area (Å²) in [7, 11) is 0. The highest BCUT2D eigenvalue weighted by Crippen LogP contribution is 2.01. The molecule has 0 atom stereocenters. The van der Waals surface area contributed by atoms with Crippen molar-refractivity contribution in [2.75, 3.05) is 0 Å². The zero-order chi connectivity index (χ0) is 14.5. The maximum absolute atomic E-state index is 3.66. The Morgan fingerprint density at radius 2 is 1.06 bits per heavy atom. The molecule has 0 aromatic rings. The Balaban J connectivity index is -0.000000200. The molecule has 0 aliphatic carbocycles. The molecule has 0 aromatic carbocycles. The lowest BCUT2D eigenvalue weighted by Crippen LogP contribution is -1.71. The van der Waals surface area contributed by atoms with E-state index in [-0.39, 0.29) is 0 Å². The Bertz CT molecular complexity index is 159. The lowest BCUT2D eigenvalue weighted by Gasteiger charge is -1.91. The first-order valence-corrected chi connectivity index (χ1v) is 7.20. The van der Waals surface area contributed by atoms with Gasteiger partial charge in [-0.05, 0) is 19.3 Å². The van der Waals surface area contributed by atoms with Gasteiger partial charge in [0.05, 0.1) is 0 Å². The van der Waals surface area contributed by atoms with E-state index < -0.39 is 0 Å². The Hall–Kier alpha value is -1.04. The summed E-state index contributed by atoms with van der Waals surface area (Å²) in [5.41, 5.74) is 0. The monoisotopic (exact) mass is 250 g/mol. The normalized spacial score (nSPS) is 7.89. The summed E-state index contributed by atoms with van der Waals surface area (Å²) in [5.74, 6) is 0. The third-order valence-corrected chi connectivity index (χ3v) is 2.19. The first-order valence-electron chi connectivity index (χ1n) is 7.20. The number of unbranched alkanes of at least 4 members (excludes halogenated alkanes) is 6. The number of rotatable bonds is 9. The Kier molecular flexibility index (Phi) is 36.6. The van der Waals surface area contributed by atoms with Gasteiger partial charge in [-0.1, -0.05) is 83.4 Å². The van der Waals surface area contributed by atoms with Gasteiger partial charge in [-0.15, -0.1) is 13.2 Å². The van der Waals surface area contributed by atoms with Crippen molar-refractivity contribution >= 4 is 0 Å². The average molecular weight is 250 g/mol. The second kappa shape index (κ2) is 29.7. The zero-order valence-corrected chi connectivity index (χ0v) is 12.8. The summed E-state index contributed by atoms with van der Waals surface area (Å²) >= 11 is 0. The molecule has 0 saturated carbocycles. The zero-order valence-electron chi connectivity index (χ0n) is 12.8. The molecule has 0 radical (unpaired) electrons. The van der Waals surface area contributed by atoms with Crippen LogP contribution in [-0.2, 0) is 0 Å². The van der Waals surface area contributed by atoms with Gasteiger partial charge < -0.3 is 0 Å². The van der Waals surface area contributed by atoms with Crippen molar-refractivity contribution in [2.24, 2.45) is 0 Å². The van der Waals surface area contributed by atoms with E-state index in [0.29, 0.717) is 0 Å². The van der Waals surface area contributed by atoms with Crippen LogP contribution < -0.4 is 0 Å². The molecule has 0 aromatic heterocycles. The molecular weight excluding hydrogens is 216 g/mol. The molecule has 0 saturated heterocycles. The molecule has 0 amide bonds. The number of allylic oxidation sites excluding steroid dienone is 4. The van der Waals surface area contributed by atoms with E-state index in [2.05, 4.69) is 40.2 Å². The summed E-state index contributed by atoms with van der Waals surface area (Å²) in [4.78, 5) is 0. The molecule has 0 rings (SSSR count). The van der Waals surface area contributed by atoms with Crippen LogP contribution in [0, 0.1) is 0 Å². The van der Waals surface area contributed by atoms with E-state index in [0.717, 1.165) is 0 Å². The van der Waals surface area contributed by atoms with Gasteiger partial charge in [0.2, 0.25) is 0 Å². The van der Waals surface area contributed by atoms with Crippen LogP contribution in [0.15, 0.2) is 50.6 Å². The van der Waals surface area contributed by atoms with Gasteiger partial charge in [0.15, 0.2) is 0 Å². The van der Waals surface area contributed by atoms with Crippen LogP contribution in [0.4, 0.5) is 0 Å². The summed E-state index contributed by atoms with van der Waals surface area (Å²) in [6, 6.07) is 0. The van der Waals surface area contributed by atoms with E-state index in [1.165, 1.54) is 51.4 Å². The minimum absolute atomic E-state index is 1.18. The lowest BCUT2D eigenvalue weighted by molar-refractivity contribution is 0.675. The second-order valence-corrected chi connectivity index (χ2v) is 4.04. The summed E-state index contributed by atoms with van der Waals surface area (Å²) < 4.78 is 0. The van der Waals surface area contributed by atoms with Crippen molar-refractivity contribution in [3.8, 4) is 0 Å². The minimum Gasteiger partial charge on any atom is -0.103 e. The van der Waals surface area contributed by atoms with Gasteiger partial charge in [0.25, 0.3) is 0 Å². The van der Waals surface area contributed by atoms with Crippen molar-refractivity contribution in [1.29, 1.82) is 0 Å². The largest absolute Gasteiger partial charge is 0.103 e. The van der Waals surface area contributed by atoms with Crippen LogP contribution in [-0.4, -0.2) is 0 Å². The molecule has 0 N–H and O–H groups in total. The number of hydrogen-bond donors (Lipinski definition) is 0. The topological polar surface area (TPSA) is 0 Å². The van der Waals surface area contributed by atoms with Crippen LogP contribution in [0.25, 0.3) is 0 Å². The summed E-state index contributed by atoms with van der Waals surface area (Å²) in [6.45, 7) is 18.4. The van der Waals surface area contributed by atoms with Gasteiger partial charge in [-0.25, -0.2) is 0 Å². The van der Waals surface area contributed by atoms with E-state index in [1.54, 1.807) is 12.2 Å². The van der Waals surface area contributed by atoms with Gasteiger partial charge >= 0.3 is 0 Å². The summed E-state index contributed by atoms with van der Waals surface area (Å²) in [6.07, 6.45) is 17.6. The fourth-order valence-electron chi connectivity index (χ4n) is 1.06. The van der Waals surface area contributed by atoms with Crippen molar-refractivity contribution in [3.05, 3.63) is 50.6 Å². The van der Waals surface area contributed by atoms with Crippen LogP contribution >= 0.6 is 0 Å². The summed E-state index contributed by atoms with van der Waals surface area (Å²) in [5, 5.41) is 0. The SMILES string of the molecule is C=CC=C.C=CCCCC.C=CCCCCCC. The van der Waals surface area contributed by atoms with E-state index in [1.807, 2.05) is 12.2 Å². The molecule has 0 fully saturated rings. The maximum Gasteiger partial charge on any atom is -0.0353 e. The van der Waals surface area contributed by atoms with Crippen molar-refractivity contribution in [2.45, 2.75) is 65.2 Å². The smallest absolute Gasteiger partial charge is 0.0353 e. The highest BCUT2D eigenvalue weighted by Gasteiger charge is 1.81. The predicted molar refractivity (Wildman–Crippen MR) is 89.1 cm³/mol. The molecule has 0 bridgehead atoms. The average Bonchev–Trinajstić information content (AvgIpc) is 2.42. The van der Waals surface area contributed by atoms with Crippen LogP contribution in [0.1, 0.15) is 65.2 Å². The van der Waals surface area contributed by atoms with Crippen LogP contribution in [0.2, 0.25) is 0 Å². The first-order chi connectivity index (χ1) is 8.74. The van der Waals surface area contributed by atoms with E-state index in [9.17, 15) is 0 Å². The Morgan fingerprint density at radius 3 is 1.33 bits per heavy atom. The molecule has 0 heterocycles. The molecule has 18 heavy (non-hydrogen) atoms. The highest BCUT2D eigenvalue weighted by molar-refractivity contribution is 4.88. The molecular formula is C18H34. The van der Waals surface area contributed by atoms with Crippen molar-refractivity contribution in [3.63, 3.8) is 0 Å². The third kappa shape index (κ3) is 46.0. The lowest BCUT2D eigenvalue weighted by atomic mass is 10.2. The first kappa shape index (κ1) is 22.2. The maximum atomic E-state index is 3.66. The fourth-order valence-corrected chi connectivity index (χ4v) is 1.06. The number of hydrogen-bond acceptors (Lipinski definition) is 0. The second-order valence-electron chi connectivity index (χ2n) is 4.04. The molecule has 0 aliphatic heterocycles. The van der Waals surface area contributed by atoms with Gasteiger partial charge in [0.1, 0.15) is 0 Å². The van der Waals surface area contributed by atoms with Crippen molar-refractivity contribution in [1.82, 2.24) is 0 Å². The van der Waals surface area contributed by atoms with Gasteiger partial charge in [0, 0.05) is 0 Å². The van der Waals surface area contributed by atoms with E-state index in [4.69, 9.17) is 0 Å². The van der Waals surface area contributed by atoms with E-state index >= 15 is 0 Å². The Morgan fingerprint density at radius 1 is 0.611 bits per heavy atom. The van der Waals surface area contributed by atoms with Crippen LogP contribution in [0.3, 0.4) is 0 Å². The minimum atomic E-state index is 1.18. The van der Waals surface area contributed by atoms with Crippen LogP contribution in [0.5, 0.6) is 0 Å². The third-order valence-electron chi connectivity index (χ3n) is 2.19. The highest BCUT2D eigenvalue weighted by atomic mass is 13.9. The molecule has 0 heteroatoms. The van der Waals surface area contributed by atoms with Gasteiger partial charge in [-0.3, -0.25) is 0 Å². The van der Waals surface area contributed by atoms with Crippen molar-refractivity contribution < 1.29 is 0 Å². The van der Waals surface area contributed by atoms with Gasteiger partial charge in [-0.2, -0.15) is 0 Å². The predicted octanol–water partition coefficient (Wildman–Crippen LogP) is 6.86. The fraction of sp³-hybridized carbons (Fsp3) is 0.556.